The van der Waals surface area contributed by atoms with E-state index >= 15 is 0 Å². The first-order chi connectivity index (χ1) is 9.83. The van der Waals surface area contributed by atoms with Gasteiger partial charge in [0.15, 0.2) is 0 Å². The Balaban J connectivity index is 0.000000684. The fraction of sp³-hybridized carbons (Fsp3) is 0.842. The second-order valence-electron chi connectivity index (χ2n) is 9.31. The van der Waals surface area contributed by atoms with Crippen molar-refractivity contribution in [2.24, 2.45) is 16.2 Å². The van der Waals surface area contributed by atoms with Crippen molar-refractivity contribution in [3.8, 4) is 0 Å². The van der Waals surface area contributed by atoms with Crippen LogP contribution in [0.1, 0.15) is 75.2 Å². The Bertz CT molecular complexity index is 305. The molecule has 0 aromatic heterocycles. The molecule has 2 fully saturated rings. The largest absolute Gasteiger partial charge is 1.00 e. The molecule has 2 aliphatic heterocycles. The Labute approximate surface area is 192 Å². The molecule has 0 amide bonds. The Morgan fingerprint density at radius 3 is 1.17 bits per heavy atom. The van der Waals surface area contributed by atoms with Crippen LogP contribution < -0.4 is 51.4 Å². The molecule has 0 aromatic carbocycles. The van der Waals surface area contributed by atoms with Crippen LogP contribution in [0.4, 0.5) is 0 Å². The van der Waals surface area contributed by atoms with Crippen molar-refractivity contribution >= 4 is 17.2 Å². The van der Waals surface area contributed by atoms with Crippen LogP contribution in [0.2, 0.25) is 0 Å². The van der Waals surface area contributed by atoms with Gasteiger partial charge in [0.1, 0.15) is 0 Å². The van der Waals surface area contributed by atoms with E-state index in [-0.39, 0.29) is 51.4 Å². The predicted molar refractivity (Wildman–Crippen MR) is 102 cm³/mol. The van der Waals surface area contributed by atoms with Crippen LogP contribution in [0, 0.1) is 33.0 Å². The normalized spacial score (nSPS) is 23.9. The molecular formula is C19H35KOP2+. The first-order valence-corrected chi connectivity index (χ1v) is 10.3. The van der Waals surface area contributed by atoms with E-state index in [1.165, 1.54) is 30.0 Å². The Kier molecular flexibility index (Phi) is 11.2. The summed E-state index contributed by atoms with van der Waals surface area (Å²) in [6, 6.07) is 0. The summed E-state index contributed by atoms with van der Waals surface area (Å²) in [6.45, 7) is 23.1. The molecule has 1 nitrogen and oxygen atoms in total. The van der Waals surface area contributed by atoms with E-state index in [9.17, 15) is 0 Å². The minimum atomic E-state index is 0. The second kappa shape index (κ2) is 10.1. The smallest absolute Gasteiger partial charge is 0.381 e. The van der Waals surface area contributed by atoms with Gasteiger partial charge in [-0.15, -0.1) is 0 Å². The summed E-state index contributed by atoms with van der Waals surface area (Å²) in [7, 11) is 2.97. The number of ether oxygens (including phenoxy) is 1. The van der Waals surface area contributed by atoms with Gasteiger partial charge in [0, 0.05) is 29.9 Å². The van der Waals surface area contributed by atoms with Crippen molar-refractivity contribution in [2.75, 3.05) is 13.2 Å². The molecule has 0 atom stereocenters. The zero-order chi connectivity index (χ0) is 17.2. The number of rotatable bonds is 0. The zero-order valence-electron chi connectivity index (χ0n) is 17.1. The van der Waals surface area contributed by atoms with E-state index in [1.807, 2.05) is 0 Å². The maximum atomic E-state index is 4.94. The standard InChI is InChI=1S/C15H27P2.C4H8O.K/c1-13(2,3)10-11(14(4,5)6)17-12(16-10)15(7,8)9;1-2-4-5-3-1;/h1-9H3;1-4H2;/q;;+1. The molecule has 127 valence electrons. The van der Waals surface area contributed by atoms with Gasteiger partial charge in [-0.3, -0.25) is 0 Å². The van der Waals surface area contributed by atoms with Crippen LogP contribution in [-0.2, 0) is 4.74 Å². The van der Waals surface area contributed by atoms with Crippen LogP contribution in [-0.4, -0.2) is 13.2 Å². The third-order valence-corrected chi connectivity index (χ3v) is 8.36. The molecule has 0 spiro atoms. The van der Waals surface area contributed by atoms with Crippen molar-refractivity contribution in [3.05, 3.63) is 16.7 Å². The van der Waals surface area contributed by atoms with Crippen LogP contribution in [0.5, 0.6) is 0 Å². The van der Waals surface area contributed by atoms with Gasteiger partial charge in [0.05, 0.1) is 0 Å². The van der Waals surface area contributed by atoms with Crippen LogP contribution in [0.25, 0.3) is 0 Å². The molecule has 0 aliphatic carbocycles. The summed E-state index contributed by atoms with van der Waals surface area (Å²) in [4.78, 5) is 0. The van der Waals surface area contributed by atoms with E-state index in [0.717, 1.165) is 13.2 Å². The van der Waals surface area contributed by atoms with Gasteiger partial charge in [-0.2, -0.15) is 0 Å². The minimum absolute atomic E-state index is 0. The third kappa shape index (κ3) is 8.79. The van der Waals surface area contributed by atoms with Crippen LogP contribution >= 0.6 is 17.2 Å². The molecule has 0 N–H and O–H groups in total. The van der Waals surface area contributed by atoms with E-state index in [2.05, 4.69) is 62.3 Å². The van der Waals surface area contributed by atoms with Gasteiger partial charge < -0.3 is 4.74 Å². The molecule has 2 saturated heterocycles. The van der Waals surface area contributed by atoms with E-state index in [4.69, 9.17) is 4.74 Å². The molecule has 5 radical (unpaired) electrons. The van der Waals surface area contributed by atoms with Crippen molar-refractivity contribution < 1.29 is 56.1 Å². The van der Waals surface area contributed by atoms with Gasteiger partial charge in [0.25, 0.3) is 0 Å². The van der Waals surface area contributed by atoms with Gasteiger partial charge in [-0.05, 0) is 29.1 Å². The zero-order valence-corrected chi connectivity index (χ0v) is 22.0. The number of hydrogen-bond donors (Lipinski definition) is 0. The molecular weight excluding hydrogens is 345 g/mol. The average molecular weight is 381 g/mol. The summed E-state index contributed by atoms with van der Waals surface area (Å²) < 4.78 is 4.94. The van der Waals surface area contributed by atoms with Crippen LogP contribution in [0.15, 0.2) is 0 Å². The summed E-state index contributed by atoms with van der Waals surface area (Å²) in [5.41, 5.74) is 4.22. The summed E-state index contributed by atoms with van der Waals surface area (Å²) in [5.74, 6) is 0. The quantitative estimate of drug-likeness (QED) is 0.447. The first-order valence-electron chi connectivity index (χ1n) is 8.47. The number of hydrogen-bond acceptors (Lipinski definition) is 1. The van der Waals surface area contributed by atoms with Crippen molar-refractivity contribution in [1.29, 1.82) is 0 Å². The maximum Gasteiger partial charge on any atom is 1.00 e. The summed E-state index contributed by atoms with van der Waals surface area (Å²) in [5, 5.41) is 1.66. The molecule has 0 unspecified atom stereocenters. The summed E-state index contributed by atoms with van der Waals surface area (Å²) in [6.07, 6.45) is 2.56. The van der Waals surface area contributed by atoms with Crippen molar-refractivity contribution in [3.63, 3.8) is 0 Å². The Morgan fingerprint density at radius 1 is 0.652 bits per heavy atom. The predicted octanol–water partition coefficient (Wildman–Crippen LogP) is 4.38. The first kappa shape index (κ1) is 25.5. The molecule has 0 aromatic rings. The fourth-order valence-electron chi connectivity index (χ4n) is 2.23. The minimum Gasteiger partial charge on any atom is -0.381 e. The Hall–Kier alpha value is 2.46. The fourth-order valence-corrected chi connectivity index (χ4v) is 5.98. The molecule has 2 heterocycles. The average Bonchev–Trinajstić information content (AvgIpc) is 2.99. The van der Waals surface area contributed by atoms with E-state index < -0.39 is 0 Å². The molecule has 2 rings (SSSR count). The van der Waals surface area contributed by atoms with Gasteiger partial charge in [-0.25, -0.2) is 0 Å². The van der Waals surface area contributed by atoms with Gasteiger partial charge in [0.2, 0.25) is 0 Å². The summed E-state index contributed by atoms with van der Waals surface area (Å²) >= 11 is 0. The molecule has 0 bridgehead atoms. The maximum absolute atomic E-state index is 4.94. The third-order valence-electron chi connectivity index (χ3n) is 3.58. The topological polar surface area (TPSA) is 9.23 Å². The second-order valence-corrected chi connectivity index (χ2v) is 11.9. The molecule has 4 heteroatoms. The Morgan fingerprint density at radius 2 is 1.00 bits per heavy atom. The van der Waals surface area contributed by atoms with Crippen LogP contribution in [0.3, 0.4) is 0 Å². The van der Waals surface area contributed by atoms with E-state index in [1.54, 1.807) is 16.7 Å². The molecule has 23 heavy (non-hydrogen) atoms. The molecule has 0 saturated carbocycles. The van der Waals surface area contributed by atoms with Crippen molar-refractivity contribution in [2.45, 2.75) is 75.2 Å². The van der Waals surface area contributed by atoms with Gasteiger partial charge in [-0.1, -0.05) is 79.5 Å². The van der Waals surface area contributed by atoms with E-state index in [0.29, 0.717) is 16.2 Å². The van der Waals surface area contributed by atoms with Gasteiger partial charge >= 0.3 is 51.4 Å². The SMILES string of the molecule is C1CCOC1.CC(C)(C)[C]1[P][C](C(C)(C)C)[C](C(C)(C)C)[P]1.[K+]. The van der Waals surface area contributed by atoms with Crippen molar-refractivity contribution in [1.82, 2.24) is 0 Å². The molecule has 2 aliphatic rings. The monoisotopic (exact) mass is 380 g/mol.